The number of hydrogen-bond donors (Lipinski definition) is 1. The Labute approximate surface area is 112 Å². The number of unbranched alkanes of at least 4 members (excludes halogenated alkanes) is 2. The van der Waals surface area contributed by atoms with Crippen molar-refractivity contribution < 1.29 is 0 Å². The standard InChI is InChI=1S/C15H27N3/c1-5-6-7-10-18(13(2)3)12-14-8-9-15(16-4)17-11-14/h8-9,11,13H,5-7,10,12H2,1-4H3,(H,16,17). The van der Waals surface area contributed by atoms with Gasteiger partial charge in [-0.3, -0.25) is 4.90 Å². The van der Waals surface area contributed by atoms with Crippen molar-refractivity contribution in [2.24, 2.45) is 0 Å². The van der Waals surface area contributed by atoms with E-state index in [-0.39, 0.29) is 0 Å². The Hall–Kier alpha value is -1.09. The maximum Gasteiger partial charge on any atom is 0.125 e. The molecule has 1 aromatic heterocycles. The Morgan fingerprint density at radius 2 is 2.06 bits per heavy atom. The van der Waals surface area contributed by atoms with Gasteiger partial charge < -0.3 is 5.32 Å². The van der Waals surface area contributed by atoms with Gasteiger partial charge in [0.05, 0.1) is 0 Å². The fourth-order valence-electron chi connectivity index (χ4n) is 1.99. The molecule has 0 unspecified atom stereocenters. The second kappa shape index (κ2) is 8.09. The van der Waals surface area contributed by atoms with Crippen LogP contribution in [0.5, 0.6) is 0 Å². The fraction of sp³-hybridized carbons (Fsp3) is 0.667. The lowest BCUT2D eigenvalue weighted by atomic mass is 10.2. The zero-order valence-electron chi connectivity index (χ0n) is 12.2. The molecule has 1 aromatic rings. The predicted octanol–water partition coefficient (Wildman–Crippen LogP) is 3.52. The monoisotopic (exact) mass is 249 g/mol. The van der Waals surface area contributed by atoms with Crippen molar-refractivity contribution in [1.29, 1.82) is 0 Å². The van der Waals surface area contributed by atoms with E-state index in [4.69, 9.17) is 0 Å². The predicted molar refractivity (Wildman–Crippen MR) is 78.9 cm³/mol. The molecular formula is C15H27N3. The van der Waals surface area contributed by atoms with Gasteiger partial charge in [-0.1, -0.05) is 25.8 Å². The van der Waals surface area contributed by atoms with Crippen LogP contribution >= 0.6 is 0 Å². The molecule has 1 heterocycles. The van der Waals surface area contributed by atoms with E-state index in [0.717, 1.165) is 12.4 Å². The van der Waals surface area contributed by atoms with E-state index in [2.05, 4.69) is 42.0 Å². The Kier molecular flexibility index (Phi) is 6.73. The molecule has 0 radical (unpaired) electrons. The molecule has 0 spiro atoms. The first-order chi connectivity index (χ1) is 8.67. The third kappa shape index (κ3) is 5.05. The molecular weight excluding hydrogens is 222 g/mol. The van der Waals surface area contributed by atoms with Gasteiger partial charge in [-0.15, -0.1) is 0 Å². The summed E-state index contributed by atoms with van der Waals surface area (Å²) < 4.78 is 0. The zero-order chi connectivity index (χ0) is 13.4. The van der Waals surface area contributed by atoms with E-state index in [1.54, 1.807) is 0 Å². The number of anilines is 1. The van der Waals surface area contributed by atoms with Crippen molar-refractivity contribution in [3.05, 3.63) is 23.9 Å². The van der Waals surface area contributed by atoms with E-state index in [9.17, 15) is 0 Å². The molecule has 3 heteroatoms. The average Bonchev–Trinajstić information content (AvgIpc) is 2.38. The Balaban J connectivity index is 2.53. The minimum Gasteiger partial charge on any atom is -0.373 e. The van der Waals surface area contributed by atoms with Crippen LogP contribution in [0.3, 0.4) is 0 Å². The van der Waals surface area contributed by atoms with E-state index in [1.807, 2.05) is 19.3 Å². The van der Waals surface area contributed by atoms with Gasteiger partial charge in [0.15, 0.2) is 0 Å². The summed E-state index contributed by atoms with van der Waals surface area (Å²) in [6.07, 6.45) is 5.86. The van der Waals surface area contributed by atoms with Crippen LogP contribution in [0.2, 0.25) is 0 Å². The summed E-state index contributed by atoms with van der Waals surface area (Å²) in [5.74, 6) is 0.931. The average molecular weight is 249 g/mol. The molecule has 0 aromatic carbocycles. The number of hydrogen-bond acceptors (Lipinski definition) is 3. The van der Waals surface area contributed by atoms with Crippen molar-refractivity contribution >= 4 is 5.82 Å². The smallest absolute Gasteiger partial charge is 0.125 e. The van der Waals surface area contributed by atoms with Crippen molar-refractivity contribution in [2.75, 3.05) is 18.9 Å². The second-order valence-electron chi connectivity index (χ2n) is 5.07. The number of nitrogens with one attached hydrogen (secondary N) is 1. The topological polar surface area (TPSA) is 28.2 Å². The first-order valence-corrected chi connectivity index (χ1v) is 7.04. The molecule has 1 N–H and O–H groups in total. The third-order valence-corrected chi connectivity index (χ3v) is 3.25. The molecule has 3 nitrogen and oxygen atoms in total. The van der Waals surface area contributed by atoms with Crippen LogP contribution in [-0.2, 0) is 6.54 Å². The zero-order valence-corrected chi connectivity index (χ0v) is 12.2. The minimum atomic E-state index is 0.589. The summed E-state index contributed by atoms with van der Waals surface area (Å²) in [5.41, 5.74) is 1.29. The van der Waals surface area contributed by atoms with Crippen molar-refractivity contribution in [1.82, 2.24) is 9.88 Å². The fourth-order valence-corrected chi connectivity index (χ4v) is 1.99. The van der Waals surface area contributed by atoms with Crippen LogP contribution in [0.4, 0.5) is 5.82 Å². The van der Waals surface area contributed by atoms with Crippen molar-refractivity contribution in [3.8, 4) is 0 Å². The number of pyridine rings is 1. The summed E-state index contributed by atoms with van der Waals surface area (Å²) in [4.78, 5) is 6.89. The number of nitrogens with zero attached hydrogens (tertiary/aromatic N) is 2. The maximum atomic E-state index is 4.37. The highest BCUT2D eigenvalue weighted by Gasteiger charge is 2.09. The second-order valence-corrected chi connectivity index (χ2v) is 5.07. The number of rotatable bonds is 8. The molecule has 0 atom stereocenters. The first kappa shape index (κ1) is 15.0. The van der Waals surface area contributed by atoms with Crippen molar-refractivity contribution in [3.63, 3.8) is 0 Å². The van der Waals surface area contributed by atoms with Gasteiger partial charge >= 0.3 is 0 Å². The lowest BCUT2D eigenvalue weighted by Gasteiger charge is -2.26. The van der Waals surface area contributed by atoms with Gasteiger partial charge in [-0.2, -0.15) is 0 Å². The van der Waals surface area contributed by atoms with Gasteiger partial charge in [0, 0.05) is 25.8 Å². The normalized spacial score (nSPS) is 11.2. The van der Waals surface area contributed by atoms with E-state index >= 15 is 0 Å². The maximum absolute atomic E-state index is 4.37. The van der Waals surface area contributed by atoms with Crippen molar-refractivity contribution in [2.45, 2.75) is 52.6 Å². The van der Waals surface area contributed by atoms with Crippen LogP contribution < -0.4 is 5.32 Å². The van der Waals surface area contributed by atoms with E-state index in [1.165, 1.54) is 31.4 Å². The molecule has 0 aliphatic rings. The highest BCUT2D eigenvalue weighted by atomic mass is 15.1. The summed E-state index contributed by atoms with van der Waals surface area (Å²) in [6.45, 7) is 8.96. The molecule has 102 valence electrons. The van der Waals surface area contributed by atoms with Crippen LogP contribution in [0.1, 0.15) is 45.6 Å². The van der Waals surface area contributed by atoms with Crippen LogP contribution in [0.15, 0.2) is 18.3 Å². The molecule has 0 fully saturated rings. The molecule has 0 saturated heterocycles. The summed E-state index contributed by atoms with van der Waals surface area (Å²) >= 11 is 0. The Morgan fingerprint density at radius 3 is 2.56 bits per heavy atom. The summed E-state index contributed by atoms with van der Waals surface area (Å²) in [7, 11) is 1.90. The third-order valence-electron chi connectivity index (χ3n) is 3.25. The quantitative estimate of drug-likeness (QED) is 0.714. The van der Waals surface area contributed by atoms with Gasteiger partial charge in [-0.05, 0) is 38.4 Å². The highest BCUT2D eigenvalue weighted by molar-refractivity contribution is 5.34. The summed E-state index contributed by atoms with van der Waals surface area (Å²) in [6, 6.07) is 4.79. The molecule has 18 heavy (non-hydrogen) atoms. The SMILES string of the molecule is CCCCCN(Cc1ccc(NC)nc1)C(C)C. The molecule has 0 saturated carbocycles. The van der Waals surface area contributed by atoms with Gasteiger partial charge in [0.2, 0.25) is 0 Å². The van der Waals surface area contributed by atoms with Gasteiger partial charge in [0.25, 0.3) is 0 Å². The van der Waals surface area contributed by atoms with E-state index < -0.39 is 0 Å². The van der Waals surface area contributed by atoms with Crippen LogP contribution in [0.25, 0.3) is 0 Å². The largest absolute Gasteiger partial charge is 0.373 e. The molecule has 0 aliphatic carbocycles. The van der Waals surface area contributed by atoms with E-state index in [0.29, 0.717) is 6.04 Å². The van der Waals surface area contributed by atoms with Gasteiger partial charge in [0.1, 0.15) is 5.82 Å². The lowest BCUT2D eigenvalue weighted by molar-refractivity contribution is 0.208. The molecule has 0 bridgehead atoms. The molecule has 0 amide bonds. The van der Waals surface area contributed by atoms with Crippen LogP contribution in [-0.4, -0.2) is 29.5 Å². The summed E-state index contributed by atoms with van der Waals surface area (Å²) in [5, 5.41) is 3.05. The molecule has 0 aliphatic heterocycles. The minimum absolute atomic E-state index is 0.589. The number of aromatic nitrogens is 1. The Morgan fingerprint density at radius 1 is 1.28 bits per heavy atom. The highest BCUT2D eigenvalue weighted by Crippen LogP contribution is 2.11. The lowest BCUT2D eigenvalue weighted by Crippen LogP contribution is -2.31. The Bertz CT molecular complexity index is 319. The van der Waals surface area contributed by atoms with Crippen LogP contribution in [0, 0.1) is 0 Å². The first-order valence-electron chi connectivity index (χ1n) is 7.04. The van der Waals surface area contributed by atoms with Gasteiger partial charge in [-0.25, -0.2) is 4.98 Å². The molecule has 1 rings (SSSR count).